The van der Waals surface area contributed by atoms with Crippen molar-refractivity contribution < 1.29 is 9.47 Å². The van der Waals surface area contributed by atoms with Gasteiger partial charge in [0.2, 0.25) is 0 Å². The SMILES string of the molecule is CCNCSc1cc(OC)ccc1OC. The summed E-state index contributed by atoms with van der Waals surface area (Å²) in [5.74, 6) is 2.62. The number of ether oxygens (including phenoxy) is 2. The maximum atomic E-state index is 5.27. The van der Waals surface area contributed by atoms with Gasteiger partial charge in [-0.05, 0) is 24.7 Å². The van der Waals surface area contributed by atoms with Gasteiger partial charge in [-0.2, -0.15) is 0 Å². The highest BCUT2D eigenvalue weighted by Gasteiger charge is 2.04. The summed E-state index contributed by atoms with van der Waals surface area (Å²) < 4.78 is 10.4. The second-order valence-corrected chi connectivity index (χ2v) is 3.93. The van der Waals surface area contributed by atoms with Gasteiger partial charge in [-0.3, -0.25) is 0 Å². The van der Waals surface area contributed by atoms with Crippen molar-refractivity contribution in [1.82, 2.24) is 5.32 Å². The van der Waals surface area contributed by atoms with Crippen LogP contribution in [0.25, 0.3) is 0 Å². The predicted octanol–water partition coefficient (Wildman–Crippen LogP) is 2.36. The molecule has 0 aromatic heterocycles. The van der Waals surface area contributed by atoms with Crippen molar-refractivity contribution in [3.63, 3.8) is 0 Å². The lowest BCUT2D eigenvalue weighted by Crippen LogP contribution is -2.10. The van der Waals surface area contributed by atoms with E-state index in [1.54, 1.807) is 26.0 Å². The van der Waals surface area contributed by atoms with Crippen LogP contribution in [-0.2, 0) is 0 Å². The summed E-state index contributed by atoms with van der Waals surface area (Å²) in [6, 6.07) is 5.81. The van der Waals surface area contributed by atoms with Crippen LogP contribution < -0.4 is 14.8 Å². The monoisotopic (exact) mass is 227 g/mol. The van der Waals surface area contributed by atoms with Crippen LogP contribution >= 0.6 is 11.8 Å². The van der Waals surface area contributed by atoms with Crippen LogP contribution in [0, 0.1) is 0 Å². The number of thioether (sulfide) groups is 1. The summed E-state index contributed by atoms with van der Waals surface area (Å²) in [5.41, 5.74) is 0. The predicted molar refractivity (Wildman–Crippen MR) is 63.9 cm³/mol. The third-order valence-electron chi connectivity index (χ3n) is 1.95. The molecule has 0 aliphatic heterocycles. The van der Waals surface area contributed by atoms with E-state index in [1.165, 1.54) is 0 Å². The molecular formula is C11H17NO2S. The molecule has 0 fully saturated rings. The number of nitrogens with one attached hydrogen (secondary N) is 1. The molecule has 0 heterocycles. The zero-order valence-corrected chi connectivity index (χ0v) is 10.2. The third kappa shape index (κ3) is 3.64. The Morgan fingerprint density at radius 1 is 1.27 bits per heavy atom. The lowest BCUT2D eigenvalue weighted by Gasteiger charge is -2.09. The highest BCUT2D eigenvalue weighted by atomic mass is 32.2. The van der Waals surface area contributed by atoms with E-state index in [2.05, 4.69) is 12.2 Å². The Hall–Kier alpha value is -0.870. The molecule has 0 atom stereocenters. The van der Waals surface area contributed by atoms with Crippen molar-refractivity contribution in [2.45, 2.75) is 11.8 Å². The van der Waals surface area contributed by atoms with Crippen LogP contribution in [0.1, 0.15) is 6.92 Å². The molecule has 3 nitrogen and oxygen atoms in total. The first-order valence-corrected chi connectivity index (χ1v) is 5.86. The van der Waals surface area contributed by atoms with E-state index in [-0.39, 0.29) is 0 Å². The van der Waals surface area contributed by atoms with Gasteiger partial charge in [0.05, 0.1) is 19.1 Å². The van der Waals surface area contributed by atoms with Gasteiger partial charge >= 0.3 is 0 Å². The number of hydrogen-bond donors (Lipinski definition) is 1. The zero-order chi connectivity index (χ0) is 11.1. The Kier molecular flexibility index (Phi) is 5.36. The molecule has 0 aliphatic carbocycles. The number of rotatable bonds is 6. The van der Waals surface area contributed by atoms with Crippen molar-refractivity contribution in [2.75, 3.05) is 26.6 Å². The minimum absolute atomic E-state index is 0.856. The Labute approximate surface area is 95.2 Å². The van der Waals surface area contributed by atoms with Crippen molar-refractivity contribution >= 4 is 11.8 Å². The Morgan fingerprint density at radius 3 is 2.67 bits per heavy atom. The number of hydrogen-bond acceptors (Lipinski definition) is 4. The van der Waals surface area contributed by atoms with E-state index in [9.17, 15) is 0 Å². The summed E-state index contributed by atoms with van der Waals surface area (Å²) in [5, 5.41) is 3.25. The largest absolute Gasteiger partial charge is 0.497 e. The summed E-state index contributed by atoms with van der Waals surface area (Å²) in [6.45, 7) is 3.06. The minimum atomic E-state index is 0.856. The van der Waals surface area contributed by atoms with E-state index in [1.807, 2.05) is 18.2 Å². The first-order chi connectivity index (χ1) is 7.31. The fourth-order valence-corrected chi connectivity index (χ4v) is 2.08. The van der Waals surface area contributed by atoms with Crippen LogP contribution in [0.15, 0.2) is 23.1 Å². The van der Waals surface area contributed by atoms with Gasteiger partial charge in [0.15, 0.2) is 0 Å². The average molecular weight is 227 g/mol. The molecule has 1 rings (SSSR count). The maximum Gasteiger partial charge on any atom is 0.132 e. The van der Waals surface area contributed by atoms with E-state index in [4.69, 9.17) is 9.47 Å². The maximum absolute atomic E-state index is 5.27. The van der Waals surface area contributed by atoms with E-state index in [0.29, 0.717) is 0 Å². The fourth-order valence-electron chi connectivity index (χ4n) is 1.13. The van der Waals surface area contributed by atoms with Crippen molar-refractivity contribution in [2.24, 2.45) is 0 Å². The quantitative estimate of drug-likeness (QED) is 0.459. The highest BCUT2D eigenvalue weighted by Crippen LogP contribution is 2.32. The molecule has 4 heteroatoms. The van der Waals surface area contributed by atoms with Crippen molar-refractivity contribution in [1.29, 1.82) is 0 Å². The van der Waals surface area contributed by atoms with E-state index in [0.717, 1.165) is 28.8 Å². The summed E-state index contributed by atoms with van der Waals surface area (Å²) >= 11 is 1.71. The van der Waals surface area contributed by atoms with Crippen LogP contribution in [0.2, 0.25) is 0 Å². The highest BCUT2D eigenvalue weighted by molar-refractivity contribution is 7.99. The molecule has 0 saturated heterocycles. The molecule has 0 unspecified atom stereocenters. The lowest BCUT2D eigenvalue weighted by atomic mass is 10.3. The molecular weight excluding hydrogens is 210 g/mol. The molecule has 84 valence electrons. The smallest absolute Gasteiger partial charge is 0.132 e. The van der Waals surface area contributed by atoms with Gasteiger partial charge < -0.3 is 14.8 Å². The second-order valence-electron chi connectivity index (χ2n) is 2.91. The Bertz CT molecular complexity index is 305. The summed E-state index contributed by atoms with van der Waals surface area (Å²) in [7, 11) is 3.35. The summed E-state index contributed by atoms with van der Waals surface area (Å²) in [4.78, 5) is 1.10. The van der Waals surface area contributed by atoms with Crippen molar-refractivity contribution in [3.05, 3.63) is 18.2 Å². The van der Waals surface area contributed by atoms with Crippen LogP contribution in [0.5, 0.6) is 11.5 Å². The van der Waals surface area contributed by atoms with Crippen LogP contribution in [0.4, 0.5) is 0 Å². The topological polar surface area (TPSA) is 30.5 Å². The van der Waals surface area contributed by atoms with Gasteiger partial charge in [-0.15, -0.1) is 11.8 Å². The molecule has 1 aromatic rings. The molecule has 1 N–H and O–H groups in total. The van der Waals surface area contributed by atoms with E-state index < -0.39 is 0 Å². The number of methoxy groups -OCH3 is 2. The molecule has 0 spiro atoms. The average Bonchev–Trinajstić information content (AvgIpc) is 2.29. The first-order valence-electron chi connectivity index (χ1n) is 4.87. The second kappa shape index (κ2) is 6.58. The van der Waals surface area contributed by atoms with E-state index >= 15 is 0 Å². The normalized spacial score (nSPS) is 10.1. The molecule has 0 aliphatic rings. The third-order valence-corrected chi connectivity index (χ3v) is 2.93. The van der Waals surface area contributed by atoms with Gasteiger partial charge in [-0.1, -0.05) is 6.92 Å². The van der Waals surface area contributed by atoms with Gasteiger partial charge in [-0.25, -0.2) is 0 Å². The molecule has 15 heavy (non-hydrogen) atoms. The van der Waals surface area contributed by atoms with Crippen LogP contribution in [-0.4, -0.2) is 26.6 Å². The first kappa shape index (κ1) is 12.2. The lowest BCUT2D eigenvalue weighted by molar-refractivity contribution is 0.394. The zero-order valence-electron chi connectivity index (χ0n) is 9.37. The van der Waals surface area contributed by atoms with Gasteiger partial charge in [0.1, 0.15) is 11.5 Å². The van der Waals surface area contributed by atoms with Crippen LogP contribution in [0.3, 0.4) is 0 Å². The minimum Gasteiger partial charge on any atom is -0.497 e. The van der Waals surface area contributed by atoms with Gasteiger partial charge in [0, 0.05) is 5.88 Å². The molecule has 0 bridgehead atoms. The Balaban J connectivity index is 2.72. The van der Waals surface area contributed by atoms with Gasteiger partial charge in [0.25, 0.3) is 0 Å². The molecule has 1 aromatic carbocycles. The fraction of sp³-hybridized carbons (Fsp3) is 0.455. The summed E-state index contributed by atoms with van der Waals surface area (Å²) in [6.07, 6.45) is 0. The Morgan fingerprint density at radius 2 is 2.07 bits per heavy atom. The molecule has 0 radical (unpaired) electrons. The molecule has 0 saturated carbocycles. The van der Waals surface area contributed by atoms with Crippen molar-refractivity contribution in [3.8, 4) is 11.5 Å². The standard InChI is InChI=1S/C11H17NO2S/c1-4-12-8-15-11-7-9(13-2)5-6-10(11)14-3/h5-7,12H,4,8H2,1-3H3. The number of benzene rings is 1. The molecule has 0 amide bonds.